The van der Waals surface area contributed by atoms with E-state index < -0.39 is 0 Å². The van der Waals surface area contributed by atoms with Gasteiger partial charge in [0.2, 0.25) is 0 Å². The van der Waals surface area contributed by atoms with Gasteiger partial charge in [-0.15, -0.1) is 0 Å². The standard InChI is InChI=1S/C28H32N4O2/c1-6-13-31(28(33)27-19(3)14-18(2)15-20(27)4)17-26-30-24-16-21(29)7-12-25(24)32(26)22-8-10-23(34-5)11-9-22/h7-12,14-16H,6,13,17,29H2,1-5H3. The first-order valence-corrected chi connectivity index (χ1v) is 11.6. The molecule has 0 spiro atoms. The molecule has 1 aromatic heterocycles. The molecule has 0 aliphatic rings. The van der Waals surface area contributed by atoms with Gasteiger partial charge in [-0.05, 0) is 80.8 Å². The van der Waals surface area contributed by atoms with Crippen molar-refractivity contribution in [3.63, 3.8) is 0 Å². The highest BCUT2D eigenvalue weighted by atomic mass is 16.5. The first kappa shape index (κ1) is 23.4. The van der Waals surface area contributed by atoms with Gasteiger partial charge in [0.05, 0.1) is 24.7 Å². The van der Waals surface area contributed by atoms with Crippen LogP contribution in [0.1, 0.15) is 46.2 Å². The third kappa shape index (κ3) is 4.49. The summed E-state index contributed by atoms with van der Waals surface area (Å²) in [5.41, 5.74) is 13.3. The van der Waals surface area contributed by atoms with E-state index in [1.165, 1.54) is 0 Å². The summed E-state index contributed by atoms with van der Waals surface area (Å²) in [5.74, 6) is 1.60. The van der Waals surface area contributed by atoms with Gasteiger partial charge in [-0.25, -0.2) is 4.98 Å². The molecule has 1 heterocycles. The van der Waals surface area contributed by atoms with Crippen LogP contribution in [0.15, 0.2) is 54.6 Å². The van der Waals surface area contributed by atoms with Gasteiger partial charge in [0.15, 0.2) is 0 Å². The molecule has 0 unspecified atom stereocenters. The van der Waals surface area contributed by atoms with Crippen molar-refractivity contribution in [2.24, 2.45) is 0 Å². The monoisotopic (exact) mass is 456 g/mol. The molecule has 2 N–H and O–H groups in total. The molecule has 176 valence electrons. The lowest BCUT2D eigenvalue weighted by atomic mass is 9.98. The number of hydrogen-bond donors (Lipinski definition) is 1. The highest BCUT2D eigenvalue weighted by Gasteiger charge is 2.23. The molecule has 0 radical (unpaired) electrons. The lowest BCUT2D eigenvalue weighted by Gasteiger charge is -2.24. The number of rotatable bonds is 7. The molecule has 3 aromatic carbocycles. The minimum absolute atomic E-state index is 0.0321. The average Bonchev–Trinajstić information content (AvgIpc) is 3.15. The summed E-state index contributed by atoms with van der Waals surface area (Å²) in [6.45, 7) is 9.18. The minimum Gasteiger partial charge on any atom is -0.497 e. The second kappa shape index (κ2) is 9.59. The van der Waals surface area contributed by atoms with Gasteiger partial charge in [-0.2, -0.15) is 0 Å². The zero-order chi connectivity index (χ0) is 24.4. The van der Waals surface area contributed by atoms with Crippen molar-refractivity contribution in [3.8, 4) is 11.4 Å². The van der Waals surface area contributed by atoms with E-state index in [2.05, 4.69) is 30.5 Å². The van der Waals surface area contributed by atoms with Crippen LogP contribution in [0.3, 0.4) is 0 Å². The Hall–Kier alpha value is -3.80. The molecule has 34 heavy (non-hydrogen) atoms. The molecular weight excluding hydrogens is 424 g/mol. The van der Waals surface area contributed by atoms with Crippen LogP contribution in [-0.2, 0) is 6.54 Å². The molecule has 0 bridgehead atoms. The first-order chi connectivity index (χ1) is 16.3. The number of nitrogens with two attached hydrogens (primary N) is 1. The van der Waals surface area contributed by atoms with E-state index >= 15 is 0 Å². The summed E-state index contributed by atoms with van der Waals surface area (Å²) in [6.07, 6.45) is 0.853. The number of fused-ring (bicyclic) bond motifs is 1. The number of benzene rings is 3. The van der Waals surface area contributed by atoms with Crippen LogP contribution in [0.5, 0.6) is 5.75 Å². The summed E-state index contributed by atoms with van der Waals surface area (Å²) in [4.78, 5) is 20.6. The summed E-state index contributed by atoms with van der Waals surface area (Å²) in [5, 5.41) is 0. The van der Waals surface area contributed by atoms with Gasteiger partial charge in [-0.1, -0.05) is 24.6 Å². The number of ether oxygens (including phenoxy) is 1. The molecule has 4 aromatic rings. The van der Waals surface area contributed by atoms with Crippen molar-refractivity contribution in [1.29, 1.82) is 0 Å². The Morgan fingerprint density at radius 1 is 1.03 bits per heavy atom. The molecule has 0 aliphatic heterocycles. The zero-order valence-electron chi connectivity index (χ0n) is 20.6. The van der Waals surface area contributed by atoms with E-state index in [4.69, 9.17) is 15.5 Å². The summed E-state index contributed by atoms with van der Waals surface area (Å²) < 4.78 is 7.43. The van der Waals surface area contributed by atoms with Crippen molar-refractivity contribution >= 4 is 22.6 Å². The van der Waals surface area contributed by atoms with E-state index in [9.17, 15) is 4.79 Å². The topological polar surface area (TPSA) is 73.4 Å². The number of amides is 1. The van der Waals surface area contributed by atoms with E-state index in [1.807, 2.05) is 61.2 Å². The number of nitrogens with zero attached hydrogens (tertiary/aromatic N) is 3. The number of aryl methyl sites for hydroxylation is 3. The van der Waals surface area contributed by atoms with Gasteiger partial charge in [0.25, 0.3) is 5.91 Å². The molecule has 4 rings (SSSR count). The third-order valence-corrected chi connectivity index (χ3v) is 6.08. The Balaban J connectivity index is 1.80. The smallest absolute Gasteiger partial charge is 0.254 e. The first-order valence-electron chi connectivity index (χ1n) is 11.6. The van der Waals surface area contributed by atoms with Crippen LogP contribution in [-0.4, -0.2) is 34.0 Å². The van der Waals surface area contributed by atoms with E-state index in [1.54, 1.807) is 7.11 Å². The molecule has 6 nitrogen and oxygen atoms in total. The van der Waals surface area contributed by atoms with Crippen LogP contribution in [0.2, 0.25) is 0 Å². The third-order valence-electron chi connectivity index (χ3n) is 6.08. The molecule has 0 fully saturated rings. The highest BCUT2D eigenvalue weighted by molar-refractivity contribution is 5.97. The van der Waals surface area contributed by atoms with Crippen LogP contribution >= 0.6 is 0 Å². The lowest BCUT2D eigenvalue weighted by Crippen LogP contribution is -2.33. The molecule has 1 amide bonds. The van der Waals surface area contributed by atoms with Gasteiger partial charge in [0, 0.05) is 23.5 Å². The van der Waals surface area contributed by atoms with Crippen LogP contribution < -0.4 is 10.5 Å². The number of carbonyl (C=O) groups excluding carboxylic acids is 1. The van der Waals surface area contributed by atoms with Crippen molar-refractivity contribution in [1.82, 2.24) is 14.5 Å². The quantitative estimate of drug-likeness (QED) is 0.368. The molecular formula is C28H32N4O2. The number of nitrogen functional groups attached to an aromatic ring is 1. The van der Waals surface area contributed by atoms with Gasteiger partial charge < -0.3 is 15.4 Å². The van der Waals surface area contributed by atoms with Crippen LogP contribution in [0.4, 0.5) is 5.69 Å². The SMILES string of the molecule is CCCN(Cc1nc2cc(N)ccc2n1-c1ccc(OC)cc1)C(=O)c1c(C)cc(C)cc1C. The van der Waals surface area contributed by atoms with Crippen LogP contribution in [0.25, 0.3) is 16.7 Å². The zero-order valence-corrected chi connectivity index (χ0v) is 20.6. The number of imidazole rings is 1. The normalized spacial score (nSPS) is 11.1. The molecule has 0 aliphatic carbocycles. The van der Waals surface area contributed by atoms with Crippen LogP contribution in [0, 0.1) is 20.8 Å². The minimum atomic E-state index is 0.0321. The van der Waals surface area contributed by atoms with Crippen molar-refractivity contribution < 1.29 is 9.53 Å². The van der Waals surface area contributed by atoms with Gasteiger partial charge in [-0.3, -0.25) is 9.36 Å². The van der Waals surface area contributed by atoms with E-state index in [0.29, 0.717) is 18.8 Å². The maximum Gasteiger partial charge on any atom is 0.254 e. The second-order valence-electron chi connectivity index (χ2n) is 8.81. The molecule has 0 saturated carbocycles. The van der Waals surface area contributed by atoms with Crippen molar-refractivity contribution in [2.75, 3.05) is 19.4 Å². The summed E-state index contributed by atoms with van der Waals surface area (Å²) >= 11 is 0. The van der Waals surface area contributed by atoms with Crippen molar-refractivity contribution in [2.45, 2.75) is 40.7 Å². The Morgan fingerprint density at radius 2 is 1.71 bits per heavy atom. The van der Waals surface area contributed by atoms with Gasteiger partial charge >= 0.3 is 0 Å². The van der Waals surface area contributed by atoms with Crippen molar-refractivity contribution in [3.05, 3.63) is 82.7 Å². The highest BCUT2D eigenvalue weighted by Crippen LogP contribution is 2.27. The molecule has 6 heteroatoms. The largest absolute Gasteiger partial charge is 0.497 e. The predicted molar refractivity (Wildman–Crippen MR) is 138 cm³/mol. The maximum absolute atomic E-state index is 13.7. The summed E-state index contributed by atoms with van der Waals surface area (Å²) in [7, 11) is 1.65. The Kier molecular flexibility index (Phi) is 6.59. The number of carbonyl (C=O) groups is 1. The second-order valence-corrected chi connectivity index (χ2v) is 8.81. The predicted octanol–water partition coefficient (Wildman–Crippen LogP) is 5.59. The summed E-state index contributed by atoms with van der Waals surface area (Å²) in [6, 6.07) is 17.7. The number of anilines is 1. The molecule has 0 atom stereocenters. The number of aromatic nitrogens is 2. The number of methoxy groups -OCH3 is 1. The Labute approximate surface area is 201 Å². The fourth-order valence-corrected chi connectivity index (χ4v) is 4.64. The fraction of sp³-hybridized carbons (Fsp3) is 0.286. The average molecular weight is 457 g/mol. The Morgan fingerprint density at radius 3 is 2.32 bits per heavy atom. The lowest BCUT2D eigenvalue weighted by molar-refractivity contribution is 0.0737. The number of hydrogen-bond acceptors (Lipinski definition) is 4. The maximum atomic E-state index is 13.7. The van der Waals surface area contributed by atoms with E-state index in [0.717, 1.165) is 57.0 Å². The Bertz CT molecular complexity index is 1320. The molecule has 0 saturated heterocycles. The fourth-order valence-electron chi connectivity index (χ4n) is 4.64. The van der Waals surface area contributed by atoms with Gasteiger partial charge in [0.1, 0.15) is 11.6 Å². The van der Waals surface area contributed by atoms with E-state index in [-0.39, 0.29) is 5.91 Å².